The van der Waals surface area contributed by atoms with Crippen LogP contribution >= 0.6 is 22.6 Å². The van der Waals surface area contributed by atoms with Crippen molar-refractivity contribution in [3.8, 4) is 0 Å². The quantitative estimate of drug-likeness (QED) is 0.718. The third-order valence-corrected chi connectivity index (χ3v) is 3.74. The topological polar surface area (TPSA) is 3.24 Å². The van der Waals surface area contributed by atoms with E-state index < -0.39 is 0 Å². The molecule has 0 bridgehead atoms. The van der Waals surface area contributed by atoms with Crippen LogP contribution in [0, 0.1) is 3.57 Å². The van der Waals surface area contributed by atoms with Gasteiger partial charge in [-0.1, -0.05) is 18.2 Å². The molecule has 0 fully saturated rings. The van der Waals surface area contributed by atoms with Crippen LogP contribution in [0.2, 0.25) is 0 Å². The van der Waals surface area contributed by atoms with Gasteiger partial charge in [0, 0.05) is 21.5 Å². The van der Waals surface area contributed by atoms with Crippen molar-refractivity contribution < 1.29 is 0 Å². The molecule has 3 rings (SSSR count). The monoisotopic (exact) mass is 321 g/mol. The fourth-order valence-electron chi connectivity index (χ4n) is 2.23. The summed E-state index contributed by atoms with van der Waals surface area (Å²) < 4.78 is 1.29. The standard InChI is InChI=1S/C14H12IN/c15-12-5-7-13(8-6-12)16-10-9-11-3-1-2-4-14(11)16/h1-8H,9-10H2. The van der Waals surface area contributed by atoms with Crippen LogP contribution in [0.25, 0.3) is 0 Å². The van der Waals surface area contributed by atoms with Crippen molar-refractivity contribution in [3.63, 3.8) is 0 Å². The Hall–Kier alpha value is -1.03. The predicted molar refractivity (Wildman–Crippen MR) is 76.3 cm³/mol. The van der Waals surface area contributed by atoms with E-state index >= 15 is 0 Å². The number of fused-ring (bicyclic) bond motifs is 1. The first-order chi connectivity index (χ1) is 7.84. The summed E-state index contributed by atoms with van der Waals surface area (Å²) in [5.41, 5.74) is 4.12. The third kappa shape index (κ3) is 1.71. The van der Waals surface area contributed by atoms with Crippen molar-refractivity contribution >= 4 is 34.0 Å². The molecule has 0 spiro atoms. The van der Waals surface area contributed by atoms with Crippen molar-refractivity contribution in [1.82, 2.24) is 0 Å². The first-order valence-electron chi connectivity index (χ1n) is 5.45. The molecule has 0 unspecified atom stereocenters. The van der Waals surface area contributed by atoms with E-state index in [0.29, 0.717) is 0 Å². The van der Waals surface area contributed by atoms with Crippen LogP contribution in [0.5, 0.6) is 0 Å². The number of halogens is 1. The molecule has 2 heteroatoms. The predicted octanol–water partition coefficient (Wildman–Crippen LogP) is 3.99. The molecule has 1 heterocycles. The molecule has 1 aliphatic heterocycles. The molecule has 0 N–H and O–H groups in total. The zero-order chi connectivity index (χ0) is 11.0. The number of nitrogens with zero attached hydrogens (tertiary/aromatic N) is 1. The number of para-hydroxylation sites is 1. The van der Waals surface area contributed by atoms with Gasteiger partial charge in [0.2, 0.25) is 0 Å². The third-order valence-electron chi connectivity index (χ3n) is 3.03. The van der Waals surface area contributed by atoms with E-state index in [4.69, 9.17) is 0 Å². The minimum absolute atomic E-state index is 1.10. The Morgan fingerprint density at radius 1 is 0.938 bits per heavy atom. The molecule has 2 aromatic carbocycles. The summed E-state index contributed by atoms with van der Waals surface area (Å²) in [5, 5.41) is 0. The van der Waals surface area contributed by atoms with Crippen LogP contribution < -0.4 is 4.90 Å². The fourth-order valence-corrected chi connectivity index (χ4v) is 2.59. The molecule has 1 nitrogen and oxygen atoms in total. The molecule has 0 aromatic heterocycles. The highest BCUT2D eigenvalue weighted by atomic mass is 127. The largest absolute Gasteiger partial charge is 0.341 e. The Bertz CT molecular complexity index is 504. The highest BCUT2D eigenvalue weighted by Gasteiger charge is 2.19. The molecule has 1 aliphatic rings. The van der Waals surface area contributed by atoms with E-state index in [1.807, 2.05) is 0 Å². The van der Waals surface area contributed by atoms with Gasteiger partial charge in [-0.3, -0.25) is 0 Å². The van der Waals surface area contributed by atoms with Crippen LogP contribution in [0.4, 0.5) is 11.4 Å². The molecule has 80 valence electrons. The first kappa shape index (κ1) is 10.1. The maximum Gasteiger partial charge on any atom is 0.0444 e. The Morgan fingerprint density at radius 3 is 2.50 bits per heavy atom. The molecule has 0 atom stereocenters. The van der Waals surface area contributed by atoms with Crippen LogP contribution in [0.3, 0.4) is 0 Å². The summed E-state index contributed by atoms with van der Waals surface area (Å²) in [5.74, 6) is 0. The minimum Gasteiger partial charge on any atom is -0.341 e. The van der Waals surface area contributed by atoms with Crippen molar-refractivity contribution in [3.05, 3.63) is 57.7 Å². The van der Waals surface area contributed by atoms with Crippen LogP contribution in [-0.2, 0) is 6.42 Å². The summed E-state index contributed by atoms with van der Waals surface area (Å²) in [6.45, 7) is 1.10. The van der Waals surface area contributed by atoms with Gasteiger partial charge in [0.15, 0.2) is 0 Å². The lowest BCUT2D eigenvalue weighted by Crippen LogP contribution is -2.12. The molecular weight excluding hydrogens is 309 g/mol. The van der Waals surface area contributed by atoms with E-state index in [0.717, 1.165) is 13.0 Å². The fraction of sp³-hybridized carbons (Fsp3) is 0.143. The van der Waals surface area contributed by atoms with Gasteiger partial charge in [0.05, 0.1) is 0 Å². The number of rotatable bonds is 1. The molecule has 0 saturated carbocycles. The van der Waals surface area contributed by atoms with Gasteiger partial charge < -0.3 is 4.90 Å². The molecule has 0 amide bonds. The maximum atomic E-state index is 2.39. The van der Waals surface area contributed by atoms with E-state index in [1.54, 1.807) is 0 Å². The van der Waals surface area contributed by atoms with E-state index in [9.17, 15) is 0 Å². The Morgan fingerprint density at radius 2 is 1.69 bits per heavy atom. The maximum absolute atomic E-state index is 2.39. The Labute approximate surface area is 109 Å². The second kappa shape index (κ2) is 4.09. The summed E-state index contributed by atoms with van der Waals surface area (Å²) in [6.07, 6.45) is 1.15. The first-order valence-corrected chi connectivity index (χ1v) is 6.53. The van der Waals surface area contributed by atoms with E-state index in [1.165, 1.54) is 20.5 Å². The van der Waals surface area contributed by atoms with Crippen molar-refractivity contribution in [2.75, 3.05) is 11.4 Å². The molecular formula is C14H12IN. The summed E-state index contributed by atoms with van der Waals surface area (Å²) in [7, 11) is 0. The molecule has 16 heavy (non-hydrogen) atoms. The lowest BCUT2D eigenvalue weighted by atomic mass is 10.2. The number of hydrogen-bond donors (Lipinski definition) is 0. The van der Waals surface area contributed by atoms with Crippen LogP contribution in [0.15, 0.2) is 48.5 Å². The second-order valence-electron chi connectivity index (χ2n) is 4.01. The number of hydrogen-bond acceptors (Lipinski definition) is 1. The lowest BCUT2D eigenvalue weighted by Gasteiger charge is -2.19. The molecule has 2 aromatic rings. The smallest absolute Gasteiger partial charge is 0.0444 e. The zero-order valence-corrected chi connectivity index (χ0v) is 11.0. The highest BCUT2D eigenvalue weighted by molar-refractivity contribution is 14.1. The number of benzene rings is 2. The highest BCUT2D eigenvalue weighted by Crippen LogP contribution is 2.34. The summed E-state index contributed by atoms with van der Waals surface area (Å²) in [4.78, 5) is 2.39. The van der Waals surface area contributed by atoms with Crippen molar-refractivity contribution in [2.45, 2.75) is 6.42 Å². The average molecular weight is 321 g/mol. The molecule has 0 radical (unpaired) electrons. The summed E-state index contributed by atoms with van der Waals surface area (Å²) >= 11 is 2.34. The summed E-state index contributed by atoms with van der Waals surface area (Å²) in [6, 6.07) is 17.4. The molecule has 0 saturated heterocycles. The van der Waals surface area contributed by atoms with Crippen LogP contribution in [-0.4, -0.2) is 6.54 Å². The van der Waals surface area contributed by atoms with Gasteiger partial charge in [-0.25, -0.2) is 0 Å². The lowest BCUT2D eigenvalue weighted by molar-refractivity contribution is 0.998. The van der Waals surface area contributed by atoms with Gasteiger partial charge in [0.25, 0.3) is 0 Å². The number of anilines is 2. The van der Waals surface area contributed by atoms with Gasteiger partial charge in [-0.15, -0.1) is 0 Å². The molecule has 0 aliphatic carbocycles. The van der Waals surface area contributed by atoms with Crippen LogP contribution in [0.1, 0.15) is 5.56 Å². The zero-order valence-electron chi connectivity index (χ0n) is 8.86. The van der Waals surface area contributed by atoms with Crippen molar-refractivity contribution in [1.29, 1.82) is 0 Å². The normalized spacial score (nSPS) is 13.9. The van der Waals surface area contributed by atoms with Crippen molar-refractivity contribution in [2.24, 2.45) is 0 Å². The SMILES string of the molecule is Ic1ccc(N2CCc3ccccc32)cc1. The van der Waals surface area contributed by atoms with E-state index in [2.05, 4.69) is 76.0 Å². The minimum atomic E-state index is 1.10. The second-order valence-corrected chi connectivity index (χ2v) is 5.25. The average Bonchev–Trinajstić information content (AvgIpc) is 2.74. The van der Waals surface area contributed by atoms with Gasteiger partial charge in [-0.2, -0.15) is 0 Å². The van der Waals surface area contributed by atoms with Gasteiger partial charge >= 0.3 is 0 Å². The van der Waals surface area contributed by atoms with Gasteiger partial charge in [-0.05, 0) is 64.9 Å². The Balaban J connectivity index is 2.01. The van der Waals surface area contributed by atoms with Gasteiger partial charge in [0.1, 0.15) is 0 Å². The van der Waals surface area contributed by atoms with E-state index in [-0.39, 0.29) is 0 Å². The Kier molecular flexibility index (Phi) is 2.59.